The van der Waals surface area contributed by atoms with Crippen LogP contribution in [0.25, 0.3) is 33.2 Å². The smallest absolute Gasteiger partial charge is 0.416 e. The number of fused-ring (bicyclic) bond motifs is 2. The minimum atomic E-state index is -4.58. The van der Waals surface area contributed by atoms with Crippen molar-refractivity contribution in [1.29, 1.82) is 0 Å². The molecular formula is C32H22BrF3N6O3. The lowest BCUT2D eigenvalue weighted by Gasteiger charge is -2.40. The molecule has 1 aliphatic heterocycles. The Morgan fingerprint density at radius 3 is 2.09 bits per heavy atom. The minimum Gasteiger partial charge on any atom is -0.487 e. The molecule has 0 bridgehead atoms. The van der Waals surface area contributed by atoms with Gasteiger partial charge in [0, 0.05) is 15.2 Å². The van der Waals surface area contributed by atoms with Gasteiger partial charge in [-0.1, -0.05) is 34.1 Å². The number of rotatable bonds is 5. The van der Waals surface area contributed by atoms with Gasteiger partial charge in [-0.15, -0.1) is 0 Å². The second-order valence-electron chi connectivity index (χ2n) is 10.5. The number of halogens is 4. The number of nitrogens with zero attached hydrogens (tertiary/aromatic N) is 5. The van der Waals surface area contributed by atoms with E-state index in [0.717, 1.165) is 16.6 Å². The highest BCUT2D eigenvalue weighted by molar-refractivity contribution is 9.10. The Kier molecular flexibility index (Phi) is 6.84. The third kappa shape index (κ3) is 5.18. The third-order valence-corrected chi connectivity index (χ3v) is 8.14. The molecule has 226 valence electrons. The standard InChI is InChI=1S/C32H22BrF3N6O3/c33-19-7-13-24-27(15-19)42(30(43)38-28(24)37)21-8-10-22(11-9-21)45-23-16-40(17-23)29-25-12-6-18(32(34,35)36)14-26(25)41(31(44)39-29)20-4-2-1-3-5-20/h1-15,23H,16-17H2,(H2,37,38,43). The monoisotopic (exact) mass is 674 g/mol. The molecule has 0 radical (unpaired) electrons. The van der Waals surface area contributed by atoms with Crippen molar-refractivity contribution in [2.75, 3.05) is 23.7 Å². The number of ether oxygens (including phenoxy) is 1. The van der Waals surface area contributed by atoms with Crippen LogP contribution < -0.4 is 26.7 Å². The zero-order valence-corrected chi connectivity index (χ0v) is 24.8. The van der Waals surface area contributed by atoms with Gasteiger partial charge in [-0.3, -0.25) is 9.13 Å². The van der Waals surface area contributed by atoms with Crippen LogP contribution >= 0.6 is 15.9 Å². The van der Waals surface area contributed by atoms with Crippen molar-refractivity contribution in [3.8, 4) is 17.1 Å². The number of nitrogen functional groups attached to an aromatic ring is 1. The summed E-state index contributed by atoms with van der Waals surface area (Å²) < 4.78 is 50.4. The largest absolute Gasteiger partial charge is 0.487 e. The van der Waals surface area contributed by atoms with Crippen LogP contribution in [0.15, 0.2) is 105 Å². The Morgan fingerprint density at radius 2 is 1.40 bits per heavy atom. The summed E-state index contributed by atoms with van der Waals surface area (Å²) in [7, 11) is 0. The highest BCUT2D eigenvalue weighted by Crippen LogP contribution is 2.35. The number of alkyl halides is 3. The van der Waals surface area contributed by atoms with E-state index in [1.54, 1.807) is 71.6 Å². The van der Waals surface area contributed by atoms with E-state index >= 15 is 0 Å². The molecule has 0 atom stereocenters. The molecular weight excluding hydrogens is 653 g/mol. The van der Waals surface area contributed by atoms with Gasteiger partial charge in [-0.2, -0.15) is 23.1 Å². The van der Waals surface area contributed by atoms with Gasteiger partial charge >= 0.3 is 17.6 Å². The maximum absolute atomic E-state index is 13.6. The fourth-order valence-corrected chi connectivity index (χ4v) is 5.83. The Hall–Kier alpha value is -5.17. The lowest BCUT2D eigenvalue weighted by Crippen LogP contribution is -2.54. The summed E-state index contributed by atoms with van der Waals surface area (Å²) in [5.74, 6) is 0.991. The van der Waals surface area contributed by atoms with Crippen molar-refractivity contribution >= 4 is 49.4 Å². The van der Waals surface area contributed by atoms with E-state index in [4.69, 9.17) is 10.5 Å². The number of hydrogen-bond donors (Lipinski definition) is 1. The normalized spacial score (nSPS) is 13.7. The van der Waals surface area contributed by atoms with E-state index < -0.39 is 23.1 Å². The predicted octanol–water partition coefficient (Wildman–Crippen LogP) is 5.72. The van der Waals surface area contributed by atoms with E-state index in [0.29, 0.717) is 52.3 Å². The van der Waals surface area contributed by atoms with Gasteiger partial charge in [0.1, 0.15) is 23.5 Å². The SMILES string of the molecule is Nc1nc(=O)n(-c2ccc(OC3CN(c4nc(=O)n(-c5ccccc5)c5cc(C(F)(F)F)ccc45)C3)cc2)c2cc(Br)ccc12. The van der Waals surface area contributed by atoms with Crippen LogP contribution in [0, 0.1) is 0 Å². The van der Waals surface area contributed by atoms with Crippen molar-refractivity contribution in [2.45, 2.75) is 12.3 Å². The molecule has 9 nitrogen and oxygen atoms in total. The molecule has 0 amide bonds. The van der Waals surface area contributed by atoms with Gasteiger partial charge in [-0.25, -0.2) is 9.59 Å². The van der Waals surface area contributed by atoms with E-state index in [1.165, 1.54) is 15.2 Å². The molecule has 0 saturated carbocycles. The van der Waals surface area contributed by atoms with Crippen LogP contribution in [0.4, 0.5) is 24.8 Å². The van der Waals surface area contributed by atoms with E-state index in [2.05, 4.69) is 25.9 Å². The summed E-state index contributed by atoms with van der Waals surface area (Å²) in [5, 5.41) is 1.05. The second kappa shape index (κ2) is 10.8. The van der Waals surface area contributed by atoms with Gasteiger partial charge in [0.2, 0.25) is 0 Å². The van der Waals surface area contributed by atoms with Crippen LogP contribution in [-0.4, -0.2) is 38.3 Å². The number of para-hydroxylation sites is 1. The maximum atomic E-state index is 13.6. The fraction of sp³-hybridized carbons (Fsp3) is 0.125. The predicted molar refractivity (Wildman–Crippen MR) is 168 cm³/mol. The first-order valence-electron chi connectivity index (χ1n) is 13.8. The molecule has 1 fully saturated rings. The van der Waals surface area contributed by atoms with Crippen molar-refractivity contribution in [1.82, 2.24) is 19.1 Å². The number of benzene rings is 4. The molecule has 3 heterocycles. The molecule has 1 aliphatic rings. The molecule has 4 aromatic carbocycles. The van der Waals surface area contributed by atoms with Gasteiger partial charge in [0.25, 0.3) is 0 Å². The lowest BCUT2D eigenvalue weighted by atomic mass is 10.1. The molecule has 7 rings (SSSR count). The summed E-state index contributed by atoms with van der Waals surface area (Å²) in [6, 6.07) is 24.1. The summed E-state index contributed by atoms with van der Waals surface area (Å²) in [4.78, 5) is 36.0. The number of anilines is 2. The topological polar surface area (TPSA) is 108 Å². The zero-order valence-electron chi connectivity index (χ0n) is 23.2. The van der Waals surface area contributed by atoms with Gasteiger partial charge in [0.15, 0.2) is 0 Å². The average molecular weight is 675 g/mol. The van der Waals surface area contributed by atoms with Gasteiger partial charge < -0.3 is 15.4 Å². The lowest BCUT2D eigenvalue weighted by molar-refractivity contribution is -0.137. The number of nitrogens with two attached hydrogens (primary N) is 1. The van der Waals surface area contributed by atoms with Crippen LogP contribution in [0.3, 0.4) is 0 Å². The number of hydrogen-bond acceptors (Lipinski definition) is 7. The van der Waals surface area contributed by atoms with E-state index in [-0.39, 0.29) is 17.4 Å². The Morgan fingerprint density at radius 1 is 0.778 bits per heavy atom. The van der Waals surface area contributed by atoms with Gasteiger partial charge in [-0.05, 0) is 72.8 Å². The molecule has 0 spiro atoms. The first-order valence-corrected chi connectivity index (χ1v) is 14.6. The number of aromatic nitrogens is 4. The average Bonchev–Trinajstić information content (AvgIpc) is 2.98. The third-order valence-electron chi connectivity index (χ3n) is 7.64. The molecule has 0 aliphatic carbocycles. The molecule has 13 heteroatoms. The Balaban J connectivity index is 1.15. The second-order valence-corrected chi connectivity index (χ2v) is 11.4. The Labute approximate surface area is 261 Å². The van der Waals surface area contributed by atoms with E-state index in [9.17, 15) is 22.8 Å². The highest BCUT2D eigenvalue weighted by atomic mass is 79.9. The zero-order chi connectivity index (χ0) is 31.5. The first kappa shape index (κ1) is 28.6. The van der Waals surface area contributed by atoms with Crippen LogP contribution in [0.5, 0.6) is 5.75 Å². The minimum absolute atomic E-state index is 0.109. The van der Waals surface area contributed by atoms with Crippen molar-refractivity contribution < 1.29 is 17.9 Å². The van der Waals surface area contributed by atoms with Gasteiger partial charge in [0.05, 0.1) is 41.1 Å². The fourth-order valence-electron chi connectivity index (χ4n) is 5.48. The summed E-state index contributed by atoms with van der Waals surface area (Å²) in [6.07, 6.45) is -4.85. The van der Waals surface area contributed by atoms with Crippen LogP contribution in [0.1, 0.15) is 5.56 Å². The molecule has 6 aromatic rings. The molecule has 2 N–H and O–H groups in total. The quantitative estimate of drug-likeness (QED) is 0.249. The van der Waals surface area contributed by atoms with E-state index in [1.807, 2.05) is 6.07 Å². The van der Waals surface area contributed by atoms with Crippen molar-refractivity contribution in [3.05, 3.63) is 122 Å². The summed E-state index contributed by atoms with van der Waals surface area (Å²) in [5.41, 5.74) is 5.61. The van der Waals surface area contributed by atoms with Crippen LogP contribution in [0.2, 0.25) is 0 Å². The maximum Gasteiger partial charge on any atom is 0.416 e. The first-order chi connectivity index (χ1) is 21.6. The van der Waals surface area contributed by atoms with Crippen molar-refractivity contribution in [2.24, 2.45) is 0 Å². The molecule has 1 saturated heterocycles. The molecule has 45 heavy (non-hydrogen) atoms. The highest BCUT2D eigenvalue weighted by Gasteiger charge is 2.34. The molecule has 0 unspecified atom stereocenters. The summed E-state index contributed by atoms with van der Waals surface area (Å²) in [6.45, 7) is 0.722. The Bertz CT molecular complexity index is 2210. The molecule has 2 aromatic heterocycles. The summed E-state index contributed by atoms with van der Waals surface area (Å²) >= 11 is 3.44. The van der Waals surface area contributed by atoms with Crippen molar-refractivity contribution in [3.63, 3.8) is 0 Å². The van der Waals surface area contributed by atoms with Crippen LogP contribution in [-0.2, 0) is 6.18 Å².